The van der Waals surface area contributed by atoms with Crippen molar-refractivity contribution in [1.29, 1.82) is 0 Å². The van der Waals surface area contributed by atoms with E-state index in [0.717, 1.165) is 26.9 Å². The fourth-order valence-corrected chi connectivity index (χ4v) is 3.70. The molecule has 0 saturated heterocycles. The van der Waals surface area contributed by atoms with Crippen molar-refractivity contribution in [1.82, 2.24) is 5.32 Å². The summed E-state index contributed by atoms with van der Waals surface area (Å²) in [5, 5.41) is 14.7. The Kier molecular flexibility index (Phi) is 7.77. The van der Waals surface area contributed by atoms with E-state index in [9.17, 15) is 5.11 Å². The molecule has 0 radical (unpaired) electrons. The maximum atomic E-state index is 10.3. The molecule has 0 aliphatic heterocycles. The molecule has 0 unspecified atom stereocenters. The van der Waals surface area contributed by atoms with Gasteiger partial charge in [-0.05, 0) is 35.9 Å². The summed E-state index contributed by atoms with van der Waals surface area (Å²) in [6.45, 7) is 1.26. The number of aliphatic hydroxyl groups is 1. The molecule has 3 aromatic carbocycles. The first kappa shape index (κ1) is 21.2. The number of aliphatic hydroxyl groups excluding tert-OH is 1. The minimum absolute atomic E-state index is 0.278. The number of ether oxygens (including phenoxy) is 1. The molecule has 28 heavy (non-hydrogen) atoms. The molecule has 2 N–H and O–H groups in total. The van der Waals surface area contributed by atoms with Gasteiger partial charge in [-0.3, -0.25) is 0 Å². The lowest BCUT2D eigenvalue weighted by molar-refractivity contribution is 0.174. The number of hydrogen-bond acceptors (Lipinski definition) is 3. The highest BCUT2D eigenvalue weighted by Crippen LogP contribution is 2.28. The van der Waals surface area contributed by atoms with Crippen molar-refractivity contribution >= 4 is 39.1 Å². The summed E-state index contributed by atoms with van der Waals surface area (Å²) in [5.41, 5.74) is 2.61. The summed E-state index contributed by atoms with van der Waals surface area (Å²) in [5.74, 6) is 0.737. The van der Waals surface area contributed by atoms with Gasteiger partial charge in [-0.2, -0.15) is 0 Å². The highest BCUT2D eigenvalue weighted by molar-refractivity contribution is 9.10. The minimum atomic E-state index is -0.570. The maximum absolute atomic E-state index is 10.3. The van der Waals surface area contributed by atoms with Crippen LogP contribution in [-0.4, -0.2) is 11.7 Å². The molecule has 0 fully saturated rings. The van der Waals surface area contributed by atoms with Gasteiger partial charge in [-0.15, -0.1) is 0 Å². The Bertz CT molecular complexity index is 901. The monoisotopic (exact) mass is 479 g/mol. The van der Waals surface area contributed by atoms with Gasteiger partial charge in [0.25, 0.3) is 0 Å². The van der Waals surface area contributed by atoms with Crippen LogP contribution in [0.5, 0.6) is 5.75 Å². The van der Waals surface area contributed by atoms with E-state index in [-0.39, 0.29) is 6.61 Å². The zero-order valence-corrected chi connectivity index (χ0v) is 18.1. The number of nitrogens with one attached hydrogen (secondary N) is 1. The Balaban J connectivity index is 1.64. The van der Waals surface area contributed by atoms with Crippen LogP contribution in [0.2, 0.25) is 10.0 Å². The highest BCUT2D eigenvalue weighted by Gasteiger charge is 2.11. The van der Waals surface area contributed by atoms with E-state index >= 15 is 0 Å². The quantitative estimate of drug-likeness (QED) is 0.405. The van der Waals surface area contributed by atoms with Crippen molar-refractivity contribution in [3.63, 3.8) is 0 Å². The molecule has 3 aromatic rings. The third kappa shape index (κ3) is 5.72. The highest BCUT2D eigenvalue weighted by atomic mass is 79.9. The van der Waals surface area contributed by atoms with Gasteiger partial charge < -0.3 is 15.2 Å². The average Bonchev–Trinajstić information content (AvgIpc) is 2.69. The predicted octanol–water partition coefficient (Wildman–Crippen LogP) is 6.16. The summed E-state index contributed by atoms with van der Waals surface area (Å²) in [4.78, 5) is 0. The Labute approximate surface area is 183 Å². The fourth-order valence-electron chi connectivity index (χ4n) is 2.78. The SMILES string of the molecule is O[C@H](CNCc1cc(Br)ccc1OCc1c(Cl)cccc1Cl)c1ccccc1. The van der Waals surface area contributed by atoms with Crippen LogP contribution in [0, 0.1) is 0 Å². The molecular formula is C22H20BrCl2NO2. The van der Waals surface area contributed by atoms with E-state index in [0.29, 0.717) is 23.1 Å². The van der Waals surface area contributed by atoms with E-state index in [4.69, 9.17) is 27.9 Å². The van der Waals surface area contributed by atoms with Crippen LogP contribution >= 0.6 is 39.1 Å². The summed E-state index contributed by atoms with van der Waals surface area (Å²) < 4.78 is 6.94. The fraction of sp³-hybridized carbons (Fsp3) is 0.182. The van der Waals surface area contributed by atoms with Crippen molar-refractivity contribution in [2.75, 3.05) is 6.54 Å². The summed E-state index contributed by atoms with van der Waals surface area (Å²) >= 11 is 15.9. The summed E-state index contributed by atoms with van der Waals surface area (Å²) in [6.07, 6.45) is -0.570. The topological polar surface area (TPSA) is 41.5 Å². The lowest BCUT2D eigenvalue weighted by Gasteiger charge is -2.16. The predicted molar refractivity (Wildman–Crippen MR) is 118 cm³/mol. The van der Waals surface area contributed by atoms with Crippen molar-refractivity contribution in [3.05, 3.63) is 97.9 Å². The number of hydrogen-bond donors (Lipinski definition) is 2. The molecule has 0 saturated carbocycles. The van der Waals surface area contributed by atoms with E-state index in [1.165, 1.54) is 0 Å². The van der Waals surface area contributed by atoms with Crippen LogP contribution < -0.4 is 10.1 Å². The van der Waals surface area contributed by atoms with Gasteiger partial charge in [0.1, 0.15) is 12.4 Å². The molecule has 6 heteroatoms. The second-order valence-corrected chi connectivity index (χ2v) is 8.03. The van der Waals surface area contributed by atoms with E-state index < -0.39 is 6.10 Å². The van der Waals surface area contributed by atoms with E-state index in [1.54, 1.807) is 18.2 Å². The zero-order chi connectivity index (χ0) is 19.9. The van der Waals surface area contributed by atoms with Crippen LogP contribution in [-0.2, 0) is 13.2 Å². The molecule has 0 aromatic heterocycles. The molecule has 0 aliphatic carbocycles. The van der Waals surface area contributed by atoms with Crippen LogP contribution in [0.15, 0.2) is 71.2 Å². The Morgan fingerprint density at radius 3 is 2.39 bits per heavy atom. The smallest absolute Gasteiger partial charge is 0.124 e. The van der Waals surface area contributed by atoms with Crippen LogP contribution in [0.25, 0.3) is 0 Å². The lowest BCUT2D eigenvalue weighted by atomic mass is 10.1. The van der Waals surface area contributed by atoms with Gasteiger partial charge in [-0.25, -0.2) is 0 Å². The largest absolute Gasteiger partial charge is 0.488 e. The van der Waals surface area contributed by atoms with Crippen molar-refractivity contribution in [2.45, 2.75) is 19.3 Å². The lowest BCUT2D eigenvalue weighted by Crippen LogP contribution is -2.21. The number of halogens is 3. The molecule has 3 rings (SSSR count). The zero-order valence-electron chi connectivity index (χ0n) is 15.0. The van der Waals surface area contributed by atoms with E-state index in [1.807, 2.05) is 48.5 Å². The van der Waals surface area contributed by atoms with Gasteiger partial charge in [0, 0.05) is 38.7 Å². The van der Waals surface area contributed by atoms with Crippen molar-refractivity contribution in [2.24, 2.45) is 0 Å². The van der Waals surface area contributed by atoms with E-state index in [2.05, 4.69) is 21.2 Å². The molecule has 0 heterocycles. The number of benzene rings is 3. The molecule has 146 valence electrons. The van der Waals surface area contributed by atoms with Crippen molar-refractivity contribution < 1.29 is 9.84 Å². The third-order valence-corrected chi connectivity index (χ3v) is 5.50. The first-order valence-corrected chi connectivity index (χ1v) is 10.4. The first-order valence-electron chi connectivity index (χ1n) is 8.82. The standard InChI is InChI=1S/C22H20BrCl2NO2/c23-17-9-10-22(28-14-18-19(24)7-4-8-20(18)25)16(11-17)12-26-13-21(27)15-5-2-1-3-6-15/h1-11,21,26-27H,12-14H2/t21-/m1/s1. The van der Waals surface area contributed by atoms with Gasteiger partial charge in [0.05, 0.1) is 6.10 Å². The summed E-state index contributed by atoms with van der Waals surface area (Å²) in [7, 11) is 0. The molecule has 0 bridgehead atoms. The normalized spacial score (nSPS) is 12.0. The molecule has 0 aliphatic rings. The second kappa shape index (κ2) is 10.3. The Hall–Kier alpha value is -1.56. The molecule has 3 nitrogen and oxygen atoms in total. The molecular weight excluding hydrogens is 461 g/mol. The minimum Gasteiger partial charge on any atom is -0.488 e. The third-order valence-electron chi connectivity index (χ3n) is 4.29. The van der Waals surface area contributed by atoms with Crippen LogP contribution in [0.4, 0.5) is 0 Å². The van der Waals surface area contributed by atoms with Gasteiger partial charge >= 0.3 is 0 Å². The average molecular weight is 481 g/mol. The van der Waals surface area contributed by atoms with Crippen LogP contribution in [0.3, 0.4) is 0 Å². The molecule has 0 spiro atoms. The van der Waals surface area contributed by atoms with Gasteiger partial charge in [0.2, 0.25) is 0 Å². The Morgan fingerprint density at radius 1 is 0.964 bits per heavy atom. The first-order chi connectivity index (χ1) is 13.5. The second-order valence-electron chi connectivity index (χ2n) is 6.30. The van der Waals surface area contributed by atoms with Crippen molar-refractivity contribution in [3.8, 4) is 5.75 Å². The van der Waals surface area contributed by atoms with Crippen LogP contribution in [0.1, 0.15) is 22.8 Å². The van der Waals surface area contributed by atoms with Gasteiger partial charge in [0.15, 0.2) is 0 Å². The maximum Gasteiger partial charge on any atom is 0.124 e. The molecule has 0 amide bonds. The summed E-state index contributed by atoms with van der Waals surface area (Å²) in [6, 6.07) is 20.8. The Morgan fingerprint density at radius 2 is 1.68 bits per heavy atom. The number of rotatable bonds is 8. The van der Waals surface area contributed by atoms with Gasteiger partial charge in [-0.1, -0.05) is 75.5 Å². The molecule has 1 atom stereocenters.